The molecule has 31 heavy (non-hydrogen) atoms. The van der Waals surface area contributed by atoms with Gasteiger partial charge in [0.15, 0.2) is 5.65 Å². The summed E-state index contributed by atoms with van der Waals surface area (Å²) in [4.78, 5) is 16.6. The highest BCUT2D eigenvalue weighted by atomic mass is 19.4. The van der Waals surface area contributed by atoms with Crippen molar-refractivity contribution in [2.24, 2.45) is 0 Å². The molecule has 0 aliphatic rings. The molecule has 3 aromatic rings. The summed E-state index contributed by atoms with van der Waals surface area (Å²) in [6.45, 7) is 5.50. The van der Waals surface area contributed by atoms with Crippen LogP contribution in [0.1, 0.15) is 47.9 Å². The number of carbonyl (C=O) groups excluding carboxylic acids is 1. The molecular formula is C22H25F3N4O2. The van der Waals surface area contributed by atoms with Gasteiger partial charge in [-0.05, 0) is 50.1 Å². The van der Waals surface area contributed by atoms with E-state index in [2.05, 4.69) is 15.6 Å². The molecule has 1 unspecified atom stereocenters. The van der Waals surface area contributed by atoms with Crippen LogP contribution in [-0.2, 0) is 0 Å². The van der Waals surface area contributed by atoms with E-state index in [9.17, 15) is 23.1 Å². The van der Waals surface area contributed by atoms with Crippen molar-refractivity contribution in [3.63, 3.8) is 0 Å². The summed E-state index contributed by atoms with van der Waals surface area (Å²) >= 11 is 0. The van der Waals surface area contributed by atoms with Crippen molar-refractivity contribution < 1.29 is 23.1 Å². The Kier molecular flexibility index (Phi) is 6.54. The molecule has 1 atom stereocenters. The number of fused-ring (bicyclic) bond motifs is 1. The molecule has 3 N–H and O–H groups in total. The van der Waals surface area contributed by atoms with Crippen molar-refractivity contribution in [1.29, 1.82) is 0 Å². The van der Waals surface area contributed by atoms with Crippen LogP contribution in [0, 0.1) is 6.92 Å². The minimum absolute atomic E-state index is 0.155. The minimum atomic E-state index is -4.27. The van der Waals surface area contributed by atoms with Crippen molar-refractivity contribution in [2.75, 3.05) is 18.4 Å². The normalized spacial score (nSPS) is 12.7. The first-order chi connectivity index (χ1) is 14.6. The molecule has 6 nitrogen and oxygen atoms in total. The Morgan fingerprint density at radius 2 is 2.03 bits per heavy atom. The first-order valence-electron chi connectivity index (χ1n) is 9.99. The Morgan fingerprint density at radius 1 is 1.29 bits per heavy atom. The molecule has 0 fully saturated rings. The Balaban J connectivity index is 2.02. The molecule has 0 spiro atoms. The largest absolute Gasteiger partial charge is 0.390 e. The zero-order valence-corrected chi connectivity index (χ0v) is 17.5. The second kappa shape index (κ2) is 8.97. The molecule has 2 heterocycles. The summed E-state index contributed by atoms with van der Waals surface area (Å²) in [5, 5.41) is 15.6. The smallest absolute Gasteiger partial charge is 0.389 e. The lowest BCUT2D eigenvalue weighted by molar-refractivity contribution is -0.131. The SMILES string of the molecule is CCNC(=O)c1ccc(-c2cnc3c(NCCC(F)(F)F)cc(C(C)O)cn23)cc1C. The summed E-state index contributed by atoms with van der Waals surface area (Å²) in [7, 11) is 0. The third-order valence-electron chi connectivity index (χ3n) is 4.94. The van der Waals surface area contributed by atoms with E-state index in [1.807, 2.05) is 19.9 Å². The predicted octanol–water partition coefficient (Wildman–Crippen LogP) is 4.48. The number of anilines is 1. The fourth-order valence-electron chi connectivity index (χ4n) is 3.35. The van der Waals surface area contributed by atoms with E-state index in [-0.39, 0.29) is 12.5 Å². The monoisotopic (exact) mass is 434 g/mol. The number of halogens is 3. The summed E-state index contributed by atoms with van der Waals surface area (Å²) in [6.07, 6.45) is -2.73. The number of aromatic nitrogens is 2. The van der Waals surface area contributed by atoms with Crippen LogP contribution < -0.4 is 10.6 Å². The van der Waals surface area contributed by atoms with E-state index in [1.165, 1.54) is 0 Å². The third kappa shape index (κ3) is 5.16. The van der Waals surface area contributed by atoms with E-state index in [0.29, 0.717) is 34.7 Å². The number of nitrogens with zero attached hydrogens (tertiary/aromatic N) is 2. The van der Waals surface area contributed by atoms with E-state index >= 15 is 0 Å². The average Bonchev–Trinajstić information content (AvgIpc) is 3.11. The molecule has 3 rings (SSSR count). The van der Waals surface area contributed by atoms with E-state index < -0.39 is 18.7 Å². The van der Waals surface area contributed by atoms with Gasteiger partial charge in [-0.25, -0.2) is 4.98 Å². The van der Waals surface area contributed by atoms with Gasteiger partial charge in [-0.3, -0.25) is 9.20 Å². The zero-order valence-electron chi connectivity index (χ0n) is 17.5. The van der Waals surface area contributed by atoms with Crippen LogP contribution in [-0.4, -0.2) is 39.7 Å². The Hall–Kier alpha value is -3.07. The van der Waals surface area contributed by atoms with Gasteiger partial charge in [-0.1, -0.05) is 6.07 Å². The molecule has 0 bridgehead atoms. The molecule has 0 saturated heterocycles. The Bertz CT molecular complexity index is 1090. The minimum Gasteiger partial charge on any atom is -0.389 e. The van der Waals surface area contributed by atoms with Crippen molar-refractivity contribution in [3.8, 4) is 11.3 Å². The van der Waals surface area contributed by atoms with Crippen molar-refractivity contribution in [1.82, 2.24) is 14.7 Å². The second-order valence-corrected chi connectivity index (χ2v) is 7.38. The highest BCUT2D eigenvalue weighted by molar-refractivity contribution is 5.96. The van der Waals surface area contributed by atoms with Gasteiger partial charge in [0.25, 0.3) is 5.91 Å². The topological polar surface area (TPSA) is 78.7 Å². The molecular weight excluding hydrogens is 409 g/mol. The number of aliphatic hydroxyl groups excluding tert-OH is 1. The summed E-state index contributed by atoms with van der Waals surface area (Å²) < 4.78 is 39.4. The molecule has 0 radical (unpaired) electrons. The fourth-order valence-corrected chi connectivity index (χ4v) is 3.35. The number of amides is 1. The van der Waals surface area contributed by atoms with Gasteiger partial charge in [0.05, 0.1) is 30.1 Å². The first kappa shape index (κ1) is 22.6. The van der Waals surface area contributed by atoms with Crippen LogP contribution in [0.2, 0.25) is 0 Å². The summed E-state index contributed by atoms with van der Waals surface area (Å²) in [6, 6.07) is 7.00. The highest BCUT2D eigenvalue weighted by Crippen LogP contribution is 2.29. The second-order valence-electron chi connectivity index (χ2n) is 7.38. The number of hydrogen-bond donors (Lipinski definition) is 3. The van der Waals surface area contributed by atoms with Gasteiger partial charge >= 0.3 is 6.18 Å². The number of rotatable bonds is 7. The lowest BCUT2D eigenvalue weighted by Gasteiger charge is -2.14. The maximum absolute atomic E-state index is 12.6. The van der Waals surface area contributed by atoms with Gasteiger partial charge in [-0.15, -0.1) is 0 Å². The molecule has 0 aliphatic heterocycles. The Morgan fingerprint density at radius 3 is 2.65 bits per heavy atom. The van der Waals surface area contributed by atoms with Gasteiger partial charge in [0, 0.05) is 30.4 Å². The number of imidazole rings is 1. The van der Waals surface area contributed by atoms with Crippen molar-refractivity contribution in [3.05, 3.63) is 53.3 Å². The van der Waals surface area contributed by atoms with E-state index in [0.717, 1.165) is 11.1 Å². The highest BCUT2D eigenvalue weighted by Gasteiger charge is 2.26. The number of aryl methyl sites for hydroxylation is 1. The molecule has 166 valence electrons. The molecule has 0 saturated carbocycles. The van der Waals surface area contributed by atoms with Crippen molar-refractivity contribution >= 4 is 17.2 Å². The maximum Gasteiger partial charge on any atom is 0.390 e. The summed E-state index contributed by atoms with van der Waals surface area (Å²) in [5.74, 6) is -0.155. The lowest BCUT2D eigenvalue weighted by Crippen LogP contribution is -2.23. The first-order valence-corrected chi connectivity index (χ1v) is 9.99. The van der Waals surface area contributed by atoms with Gasteiger partial charge in [-0.2, -0.15) is 13.2 Å². The number of carbonyl (C=O) groups is 1. The number of hydrogen-bond acceptors (Lipinski definition) is 4. The number of alkyl halides is 3. The molecule has 0 aliphatic carbocycles. The average molecular weight is 434 g/mol. The quantitative estimate of drug-likeness (QED) is 0.513. The zero-order chi connectivity index (χ0) is 22.8. The van der Waals surface area contributed by atoms with Gasteiger partial charge in [0.1, 0.15) is 0 Å². The van der Waals surface area contributed by atoms with Crippen LogP contribution >= 0.6 is 0 Å². The fraction of sp³-hybridized carbons (Fsp3) is 0.364. The van der Waals surface area contributed by atoms with Crippen molar-refractivity contribution in [2.45, 2.75) is 39.5 Å². The molecule has 9 heteroatoms. The third-order valence-corrected chi connectivity index (χ3v) is 4.94. The number of benzene rings is 1. The predicted molar refractivity (Wildman–Crippen MR) is 113 cm³/mol. The molecule has 1 aromatic carbocycles. The van der Waals surface area contributed by atoms with Crippen LogP contribution in [0.3, 0.4) is 0 Å². The number of nitrogens with one attached hydrogen (secondary N) is 2. The van der Waals surface area contributed by atoms with Crippen LogP contribution in [0.4, 0.5) is 18.9 Å². The lowest BCUT2D eigenvalue weighted by atomic mass is 10.0. The van der Waals surface area contributed by atoms with E-state index in [4.69, 9.17) is 0 Å². The number of pyridine rings is 1. The molecule has 1 amide bonds. The van der Waals surface area contributed by atoms with Crippen LogP contribution in [0.5, 0.6) is 0 Å². The standard InChI is InChI=1S/C22H25F3N4O2/c1-4-26-21(31)17-6-5-15(9-13(17)2)19-11-28-20-18(27-8-7-22(23,24)25)10-16(14(3)30)12-29(19)20/h5-6,9-12,14,27,30H,4,7-8H2,1-3H3,(H,26,31). The van der Waals surface area contributed by atoms with Crippen LogP contribution in [0.15, 0.2) is 36.7 Å². The summed E-state index contributed by atoms with van der Waals surface area (Å²) in [5.41, 5.74) is 4.24. The maximum atomic E-state index is 12.6. The van der Waals surface area contributed by atoms with Gasteiger partial charge in [0.2, 0.25) is 0 Å². The Labute approximate surface area is 178 Å². The van der Waals surface area contributed by atoms with Crippen LogP contribution in [0.25, 0.3) is 16.9 Å². The number of aliphatic hydroxyl groups is 1. The molecule has 2 aromatic heterocycles. The van der Waals surface area contributed by atoms with E-state index in [1.54, 1.807) is 41.9 Å². The van der Waals surface area contributed by atoms with Gasteiger partial charge < -0.3 is 15.7 Å².